The molecule has 0 saturated carbocycles. The Balaban J connectivity index is 2.83. The molecule has 0 aliphatic carbocycles. The minimum absolute atomic E-state index is 0.584. The van der Waals surface area contributed by atoms with E-state index in [4.69, 9.17) is 3.07 Å². The maximum atomic E-state index is 4.73. The molecule has 0 aliphatic heterocycles. The van der Waals surface area contributed by atoms with E-state index in [-0.39, 0.29) is 0 Å². The highest BCUT2D eigenvalue weighted by Gasteiger charge is 1.84. The van der Waals surface area contributed by atoms with Crippen molar-refractivity contribution in [2.45, 2.75) is 0 Å². The van der Waals surface area contributed by atoms with Gasteiger partial charge < -0.3 is 3.07 Å². The average molecular weight is 222 g/mol. The van der Waals surface area contributed by atoms with Gasteiger partial charge in [0.25, 0.3) is 0 Å². The molecule has 1 aromatic heterocycles. The number of rotatable bonds is 1. The van der Waals surface area contributed by atoms with Gasteiger partial charge in [-0.15, -0.1) is 0 Å². The van der Waals surface area contributed by atoms with Crippen LogP contribution in [0.5, 0.6) is 5.88 Å². The summed E-state index contributed by atoms with van der Waals surface area (Å²) in [5, 5.41) is 0. The highest BCUT2D eigenvalue weighted by molar-refractivity contribution is 14.1. The van der Waals surface area contributed by atoms with Crippen molar-refractivity contribution in [2.75, 3.05) is 0 Å². The van der Waals surface area contributed by atoms with Gasteiger partial charge in [-0.25, -0.2) is 9.97 Å². The lowest BCUT2D eigenvalue weighted by molar-refractivity contribution is 0.676. The molecule has 0 spiro atoms. The molecule has 0 unspecified atom stereocenters. The zero-order valence-electron chi connectivity index (χ0n) is 3.91. The molecule has 1 aromatic rings. The summed E-state index contributed by atoms with van der Waals surface area (Å²) in [5.74, 6) is 0.584. The van der Waals surface area contributed by atoms with Gasteiger partial charge in [0.2, 0.25) is 5.88 Å². The first-order chi connectivity index (χ1) is 3.93. The van der Waals surface area contributed by atoms with Crippen LogP contribution in [0.15, 0.2) is 18.6 Å². The van der Waals surface area contributed by atoms with Crippen molar-refractivity contribution in [1.82, 2.24) is 9.97 Å². The first kappa shape index (κ1) is 5.74. The molecule has 0 radical (unpaired) electrons. The lowest BCUT2D eigenvalue weighted by Gasteiger charge is -1.88. The fourth-order valence-electron chi connectivity index (χ4n) is 0.324. The third kappa shape index (κ3) is 1.29. The lowest BCUT2D eigenvalue weighted by atomic mass is 10.7. The summed E-state index contributed by atoms with van der Waals surface area (Å²) in [7, 11) is 0. The Labute approximate surface area is 60.8 Å². The summed E-state index contributed by atoms with van der Waals surface area (Å²) in [5.41, 5.74) is 0. The minimum Gasteiger partial charge on any atom is -0.408 e. The van der Waals surface area contributed by atoms with Crippen LogP contribution >= 0.6 is 23.0 Å². The van der Waals surface area contributed by atoms with Crippen molar-refractivity contribution >= 4 is 23.0 Å². The SMILES string of the molecule is IOc1ccncn1. The van der Waals surface area contributed by atoms with Gasteiger partial charge in [-0.3, -0.25) is 0 Å². The molecule has 0 aromatic carbocycles. The number of halogens is 1. The second kappa shape index (κ2) is 2.81. The van der Waals surface area contributed by atoms with Crippen molar-refractivity contribution in [2.24, 2.45) is 0 Å². The normalized spacial score (nSPS) is 8.62. The van der Waals surface area contributed by atoms with E-state index >= 15 is 0 Å². The maximum absolute atomic E-state index is 4.73. The summed E-state index contributed by atoms with van der Waals surface area (Å²) < 4.78 is 4.73. The molecule has 0 N–H and O–H groups in total. The van der Waals surface area contributed by atoms with E-state index in [2.05, 4.69) is 9.97 Å². The Kier molecular flexibility index (Phi) is 2.01. The molecule has 3 nitrogen and oxygen atoms in total. The van der Waals surface area contributed by atoms with Crippen LogP contribution in [0.2, 0.25) is 0 Å². The van der Waals surface area contributed by atoms with Crippen molar-refractivity contribution in [3.05, 3.63) is 18.6 Å². The first-order valence-electron chi connectivity index (χ1n) is 1.98. The second-order valence-electron chi connectivity index (χ2n) is 1.12. The van der Waals surface area contributed by atoms with Gasteiger partial charge in [-0.2, -0.15) is 0 Å². The van der Waals surface area contributed by atoms with Crippen LogP contribution in [0.3, 0.4) is 0 Å². The van der Waals surface area contributed by atoms with Crippen LogP contribution in [0, 0.1) is 0 Å². The molecule has 1 rings (SSSR count). The Bertz CT molecular complexity index is 155. The van der Waals surface area contributed by atoms with Crippen LogP contribution in [-0.4, -0.2) is 9.97 Å². The lowest BCUT2D eigenvalue weighted by Crippen LogP contribution is -1.78. The van der Waals surface area contributed by atoms with Gasteiger partial charge in [-0.05, 0) is 0 Å². The third-order valence-electron chi connectivity index (χ3n) is 0.634. The number of nitrogens with zero attached hydrogens (tertiary/aromatic N) is 2. The van der Waals surface area contributed by atoms with Crippen LogP contribution in [0.1, 0.15) is 0 Å². The van der Waals surface area contributed by atoms with Crippen molar-refractivity contribution in [1.29, 1.82) is 0 Å². The van der Waals surface area contributed by atoms with E-state index in [0.717, 1.165) is 0 Å². The van der Waals surface area contributed by atoms with Crippen molar-refractivity contribution < 1.29 is 3.07 Å². The molecule has 1 heterocycles. The molecule has 4 heteroatoms. The van der Waals surface area contributed by atoms with Crippen LogP contribution in [0.4, 0.5) is 0 Å². The summed E-state index contributed by atoms with van der Waals surface area (Å²) in [4.78, 5) is 7.46. The summed E-state index contributed by atoms with van der Waals surface area (Å²) >= 11 is 1.76. The largest absolute Gasteiger partial charge is 0.408 e. The highest BCUT2D eigenvalue weighted by Crippen LogP contribution is 2.03. The van der Waals surface area contributed by atoms with Crippen molar-refractivity contribution in [3.8, 4) is 5.88 Å². The van der Waals surface area contributed by atoms with Gasteiger partial charge in [-0.1, -0.05) is 0 Å². The zero-order chi connectivity index (χ0) is 5.82. The van der Waals surface area contributed by atoms with E-state index in [1.165, 1.54) is 6.33 Å². The van der Waals surface area contributed by atoms with E-state index < -0.39 is 0 Å². The van der Waals surface area contributed by atoms with Crippen LogP contribution < -0.4 is 3.07 Å². The summed E-state index contributed by atoms with van der Waals surface area (Å²) in [6.07, 6.45) is 3.06. The van der Waals surface area contributed by atoms with Crippen LogP contribution in [0.25, 0.3) is 0 Å². The molecular weight excluding hydrogens is 219 g/mol. The molecule has 42 valence electrons. The molecular formula is C4H3IN2O. The van der Waals surface area contributed by atoms with Gasteiger partial charge in [0.15, 0.2) is 23.0 Å². The average Bonchev–Trinajstić information content (AvgIpc) is 1.90. The van der Waals surface area contributed by atoms with Gasteiger partial charge in [0.05, 0.1) is 0 Å². The van der Waals surface area contributed by atoms with Gasteiger partial charge in [0, 0.05) is 12.3 Å². The molecule has 0 fully saturated rings. The highest BCUT2D eigenvalue weighted by atomic mass is 127. The minimum atomic E-state index is 0.584. The number of aromatic nitrogens is 2. The fraction of sp³-hybridized carbons (Fsp3) is 0. The second-order valence-corrected chi connectivity index (χ2v) is 1.57. The monoisotopic (exact) mass is 222 g/mol. The first-order valence-corrected chi connectivity index (χ1v) is 2.86. The molecule has 0 amide bonds. The van der Waals surface area contributed by atoms with E-state index in [9.17, 15) is 0 Å². The smallest absolute Gasteiger partial charge is 0.227 e. The van der Waals surface area contributed by atoms with E-state index in [1.54, 1.807) is 35.3 Å². The Morgan fingerprint density at radius 3 is 2.88 bits per heavy atom. The standard InChI is InChI=1S/C4H3IN2O/c5-8-4-1-2-6-3-7-4/h1-3H. The van der Waals surface area contributed by atoms with Crippen molar-refractivity contribution in [3.63, 3.8) is 0 Å². The topological polar surface area (TPSA) is 35.0 Å². The molecule has 0 atom stereocenters. The number of hydrogen-bond donors (Lipinski definition) is 0. The van der Waals surface area contributed by atoms with E-state index in [1.807, 2.05) is 0 Å². The molecule has 0 saturated heterocycles. The molecule has 8 heavy (non-hydrogen) atoms. The van der Waals surface area contributed by atoms with Gasteiger partial charge >= 0.3 is 0 Å². The Morgan fingerprint density at radius 1 is 1.62 bits per heavy atom. The zero-order valence-corrected chi connectivity index (χ0v) is 6.07. The summed E-state index contributed by atoms with van der Waals surface area (Å²) in [6.45, 7) is 0. The Hall–Kier alpha value is -0.390. The summed E-state index contributed by atoms with van der Waals surface area (Å²) in [6, 6.07) is 1.69. The Morgan fingerprint density at radius 2 is 2.50 bits per heavy atom. The predicted octanol–water partition coefficient (Wildman–Crippen LogP) is 1.21. The van der Waals surface area contributed by atoms with E-state index in [0.29, 0.717) is 5.88 Å². The quantitative estimate of drug-likeness (QED) is 0.669. The number of hydrogen-bond acceptors (Lipinski definition) is 3. The molecule has 0 aliphatic rings. The van der Waals surface area contributed by atoms with Gasteiger partial charge in [0.1, 0.15) is 6.33 Å². The van der Waals surface area contributed by atoms with Crippen LogP contribution in [-0.2, 0) is 0 Å². The maximum Gasteiger partial charge on any atom is 0.227 e. The predicted molar refractivity (Wildman–Crippen MR) is 36.7 cm³/mol. The third-order valence-corrected chi connectivity index (χ3v) is 1.09. The molecule has 0 bridgehead atoms. The fourth-order valence-corrected chi connectivity index (χ4v) is 0.585.